The normalized spacial score (nSPS) is 18.9. The Balaban J connectivity index is 1.90. The molecule has 20 heavy (non-hydrogen) atoms. The average molecular weight is 317 g/mol. The van der Waals surface area contributed by atoms with E-state index in [2.05, 4.69) is 5.32 Å². The molecule has 2 heterocycles. The number of halogens is 1. The van der Waals surface area contributed by atoms with Gasteiger partial charge in [-0.1, -0.05) is 11.6 Å². The molecule has 5 nitrogen and oxygen atoms in total. The van der Waals surface area contributed by atoms with Gasteiger partial charge < -0.3 is 15.3 Å². The highest BCUT2D eigenvalue weighted by atomic mass is 35.5. The number of piperidine rings is 1. The van der Waals surface area contributed by atoms with Crippen LogP contribution < -0.4 is 5.32 Å². The molecule has 1 atom stereocenters. The van der Waals surface area contributed by atoms with Gasteiger partial charge in [-0.3, -0.25) is 4.79 Å². The van der Waals surface area contributed by atoms with Gasteiger partial charge in [-0.05, 0) is 31.4 Å². The molecule has 110 valence electrons. The molecule has 2 rings (SSSR count). The molecule has 0 saturated carbocycles. The first-order valence-electron chi connectivity index (χ1n) is 6.56. The lowest BCUT2D eigenvalue weighted by molar-refractivity contribution is -0.138. The smallest absolute Gasteiger partial charge is 0.317 e. The van der Waals surface area contributed by atoms with Crippen molar-refractivity contribution in [3.05, 3.63) is 21.3 Å². The molecule has 2 amide bonds. The minimum Gasteiger partial charge on any atom is -0.481 e. The van der Waals surface area contributed by atoms with E-state index in [0.717, 1.165) is 24.1 Å². The van der Waals surface area contributed by atoms with Gasteiger partial charge in [-0.2, -0.15) is 0 Å². The summed E-state index contributed by atoms with van der Waals surface area (Å²) in [5.41, 5.74) is 0. The van der Waals surface area contributed by atoms with E-state index in [-0.39, 0.29) is 18.5 Å². The molecule has 7 heteroatoms. The van der Waals surface area contributed by atoms with Crippen LogP contribution in [0.3, 0.4) is 0 Å². The number of likely N-dealkylation sites (tertiary alicyclic amines) is 1. The van der Waals surface area contributed by atoms with Crippen molar-refractivity contribution in [3.8, 4) is 0 Å². The fourth-order valence-electron chi connectivity index (χ4n) is 2.39. The maximum Gasteiger partial charge on any atom is 0.317 e. The number of amides is 2. The van der Waals surface area contributed by atoms with Crippen LogP contribution in [0.4, 0.5) is 4.79 Å². The second-order valence-corrected chi connectivity index (χ2v) is 6.61. The van der Waals surface area contributed by atoms with Crippen molar-refractivity contribution in [2.24, 2.45) is 0 Å². The standard InChI is InChI=1S/C13H17ClN2O3S/c14-11-5-4-10(20-11)8-15-13(19)16-6-2-1-3-9(16)7-12(17)18/h4-5,9H,1-3,6-8H2,(H,15,19)(H,17,18). The zero-order chi connectivity index (χ0) is 14.5. The second-order valence-electron chi connectivity index (χ2n) is 4.81. The topological polar surface area (TPSA) is 69.6 Å². The molecule has 1 fully saturated rings. The summed E-state index contributed by atoms with van der Waals surface area (Å²) < 4.78 is 0.691. The van der Waals surface area contributed by atoms with E-state index in [1.165, 1.54) is 11.3 Å². The van der Waals surface area contributed by atoms with Crippen LogP contribution in [0, 0.1) is 0 Å². The van der Waals surface area contributed by atoms with Gasteiger partial charge in [-0.25, -0.2) is 4.79 Å². The number of hydrogen-bond acceptors (Lipinski definition) is 3. The van der Waals surface area contributed by atoms with Crippen LogP contribution in [0.25, 0.3) is 0 Å². The van der Waals surface area contributed by atoms with E-state index in [1.54, 1.807) is 11.0 Å². The summed E-state index contributed by atoms with van der Waals surface area (Å²) in [6.07, 6.45) is 2.67. The maximum atomic E-state index is 12.2. The molecule has 0 spiro atoms. The Morgan fingerprint density at radius 1 is 1.45 bits per heavy atom. The molecule has 1 aromatic heterocycles. The Morgan fingerprint density at radius 2 is 2.25 bits per heavy atom. The van der Waals surface area contributed by atoms with Crippen molar-refractivity contribution < 1.29 is 14.7 Å². The highest BCUT2D eigenvalue weighted by molar-refractivity contribution is 7.16. The summed E-state index contributed by atoms with van der Waals surface area (Å²) >= 11 is 7.26. The maximum absolute atomic E-state index is 12.2. The second kappa shape index (κ2) is 6.95. The molecule has 2 N–H and O–H groups in total. The van der Waals surface area contributed by atoms with Gasteiger partial charge in [0.1, 0.15) is 0 Å². The lowest BCUT2D eigenvalue weighted by atomic mass is 10.00. The average Bonchev–Trinajstić information content (AvgIpc) is 2.82. The predicted molar refractivity (Wildman–Crippen MR) is 78.2 cm³/mol. The summed E-state index contributed by atoms with van der Waals surface area (Å²) in [5, 5.41) is 11.7. The zero-order valence-corrected chi connectivity index (χ0v) is 12.5. The van der Waals surface area contributed by atoms with Crippen LogP contribution in [0.1, 0.15) is 30.6 Å². The Hall–Kier alpha value is -1.27. The molecule has 0 radical (unpaired) electrons. The zero-order valence-electron chi connectivity index (χ0n) is 11.0. The fraction of sp³-hybridized carbons (Fsp3) is 0.538. The number of carbonyl (C=O) groups is 2. The van der Waals surface area contributed by atoms with Crippen molar-refractivity contribution >= 4 is 34.9 Å². The van der Waals surface area contributed by atoms with E-state index in [9.17, 15) is 9.59 Å². The molecular formula is C13H17ClN2O3S. The predicted octanol–water partition coefficient (Wildman–Crippen LogP) is 2.94. The van der Waals surface area contributed by atoms with Gasteiger partial charge in [0.05, 0.1) is 17.3 Å². The third-order valence-electron chi connectivity index (χ3n) is 3.34. The lowest BCUT2D eigenvalue weighted by Crippen LogP contribution is -2.49. The van der Waals surface area contributed by atoms with Crippen LogP contribution >= 0.6 is 22.9 Å². The number of nitrogens with one attached hydrogen (secondary N) is 1. The van der Waals surface area contributed by atoms with Crippen LogP contribution in [-0.2, 0) is 11.3 Å². The Bertz CT molecular complexity index is 492. The SMILES string of the molecule is O=C(O)CC1CCCCN1C(=O)NCc1ccc(Cl)s1. The first-order valence-corrected chi connectivity index (χ1v) is 7.76. The van der Waals surface area contributed by atoms with Crippen LogP contribution in [-0.4, -0.2) is 34.6 Å². The molecule has 1 aliphatic heterocycles. The number of aliphatic carboxylic acids is 1. The van der Waals surface area contributed by atoms with Crippen molar-refractivity contribution in [2.75, 3.05) is 6.54 Å². The van der Waals surface area contributed by atoms with Gasteiger partial charge in [0, 0.05) is 17.5 Å². The molecule has 0 aromatic carbocycles. The summed E-state index contributed by atoms with van der Waals surface area (Å²) in [6.45, 7) is 1.04. The summed E-state index contributed by atoms with van der Waals surface area (Å²) in [6, 6.07) is 3.27. The Morgan fingerprint density at radius 3 is 2.90 bits per heavy atom. The highest BCUT2D eigenvalue weighted by Crippen LogP contribution is 2.22. The van der Waals surface area contributed by atoms with Crippen molar-refractivity contribution in [2.45, 2.75) is 38.3 Å². The fourth-order valence-corrected chi connectivity index (χ4v) is 3.42. The van der Waals surface area contributed by atoms with E-state index < -0.39 is 5.97 Å². The molecule has 1 saturated heterocycles. The largest absolute Gasteiger partial charge is 0.481 e. The van der Waals surface area contributed by atoms with Gasteiger partial charge in [0.25, 0.3) is 0 Å². The Labute approximate surface area is 126 Å². The molecule has 0 bridgehead atoms. The van der Waals surface area contributed by atoms with E-state index in [0.29, 0.717) is 17.4 Å². The molecule has 1 aromatic rings. The summed E-state index contributed by atoms with van der Waals surface area (Å²) in [5.74, 6) is -0.861. The molecule has 1 unspecified atom stereocenters. The van der Waals surface area contributed by atoms with E-state index in [4.69, 9.17) is 16.7 Å². The van der Waals surface area contributed by atoms with Gasteiger partial charge in [-0.15, -0.1) is 11.3 Å². The lowest BCUT2D eigenvalue weighted by Gasteiger charge is -2.34. The minimum atomic E-state index is -0.861. The Kier molecular flexibility index (Phi) is 5.25. The van der Waals surface area contributed by atoms with Crippen LogP contribution in [0.5, 0.6) is 0 Å². The number of hydrogen-bond donors (Lipinski definition) is 2. The number of carboxylic acid groups (broad SMARTS) is 1. The van der Waals surface area contributed by atoms with E-state index >= 15 is 0 Å². The number of nitrogens with zero attached hydrogens (tertiary/aromatic N) is 1. The quantitative estimate of drug-likeness (QED) is 0.897. The van der Waals surface area contributed by atoms with Crippen molar-refractivity contribution in [1.82, 2.24) is 10.2 Å². The third kappa shape index (κ3) is 4.11. The summed E-state index contributed by atoms with van der Waals surface area (Å²) in [7, 11) is 0. The number of carbonyl (C=O) groups excluding carboxylic acids is 1. The number of urea groups is 1. The number of carboxylic acids is 1. The number of rotatable bonds is 4. The summed E-state index contributed by atoms with van der Waals surface area (Å²) in [4.78, 5) is 25.6. The molecule has 1 aliphatic rings. The first-order chi connectivity index (χ1) is 9.56. The van der Waals surface area contributed by atoms with Gasteiger partial charge in [0.2, 0.25) is 0 Å². The van der Waals surface area contributed by atoms with Gasteiger partial charge in [0.15, 0.2) is 0 Å². The van der Waals surface area contributed by atoms with Crippen molar-refractivity contribution in [1.29, 1.82) is 0 Å². The van der Waals surface area contributed by atoms with Crippen molar-refractivity contribution in [3.63, 3.8) is 0 Å². The molecule has 0 aliphatic carbocycles. The van der Waals surface area contributed by atoms with Gasteiger partial charge >= 0.3 is 12.0 Å². The first kappa shape index (κ1) is 15.1. The third-order valence-corrected chi connectivity index (χ3v) is 4.57. The highest BCUT2D eigenvalue weighted by Gasteiger charge is 2.28. The molecular weight excluding hydrogens is 300 g/mol. The van der Waals surface area contributed by atoms with E-state index in [1.807, 2.05) is 6.07 Å². The number of thiophene rings is 1. The van der Waals surface area contributed by atoms with Crippen LogP contribution in [0.2, 0.25) is 4.34 Å². The monoisotopic (exact) mass is 316 g/mol. The van der Waals surface area contributed by atoms with Crippen LogP contribution in [0.15, 0.2) is 12.1 Å². The minimum absolute atomic E-state index is 0.0122.